The second kappa shape index (κ2) is 29.6. The van der Waals surface area contributed by atoms with Gasteiger partial charge in [-0.2, -0.15) is 0 Å². The Bertz CT molecular complexity index is 25.7. The fourth-order valence-corrected chi connectivity index (χ4v) is 0. The van der Waals surface area contributed by atoms with Crippen LogP contribution in [0.15, 0.2) is 0 Å². The molecule has 0 aliphatic rings. The van der Waals surface area contributed by atoms with E-state index in [1.807, 2.05) is 0 Å². The first-order chi connectivity index (χ1) is 2.83. The molecule has 0 bridgehead atoms. The molecule has 0 atom stereocenters. The zero-order valence-electron chi connectivity index (χ0n) is 3.70. The van der Waals surface area contributed by atoms with Crippen molar-refractivity contribution in [2.24, 2.45) is 0 Å². The van der Waals surface area contributed by atoms with Crippen molar-refractivity contribution in [1.29, 1.82) is 0 Å². The number of hydrogen-bond donors (Lipinski definition) is 2. The van der Waals surface area contributed by atoms with Gasteiger partial charge in [0.2, 0.25) is 0 Å². The summed E-state index contributed by atoms with van der Waals surface area (Å²) >= 11 is -0.500. The standard InChI is InChI=1S/CH2O2.Na.H2O2S/c2-1-3;;1-3-2/h1H,(H,2,3);;1-2H/q;+1;/p-1. The zero-order valence-corrected chi connectivity index (χ0v) is 6.51. The van der Waals surface area contributed by atoms with Crippen LogP contribution in [0.1, 0.15) is 0 Å². The van der Waals surface area contributed by atoms with Gasteiger partial charge in [-0.25, -0.2) is 0 Å². The zero-order chi connectivity index (χ0) is 5.41. The maximum Gasteiger partial charge on any atom is 1.00 e. The van der Waals surface area contributed by atoms with Crippen LogP contribution in [0.5, 0.6) is 0 Å². The molecule has 0 aliphatic heterocycles. The Kier molecular flexibility index (Phi) is 66.1. The minimum atomic E-state index is -0.500. The second-order valence-corrected chi connectivity index (χ2v) is 0.329. The van der Waals surface area contributed by atoms with Crippen molar-refractivity contribution in [1.82, 2.24) is 0 Å². The number of rotatable bonds is 0. The van der Waals surface area contributed by atoms with Gasteiger partial charge in [-0.15, -0.1) is 12.3 Å². The SMILES string of the molecule is O=CO.[Na+].[O-]SO. The third-order valence-corrected chi connectivity index (χ3v) is 0. The van der Waals surface area contributed by atoms with Crippen molar-refractivity contribution in [3.63, 3.8) is 0 Å². The van der Waals surface area contributed by atoms with Gasteiger partial charge in [0.05, 0.1) is 0 Å². The summed E-state index contributed by atoms with van der Waals surface area (Å²) in [4.78, 5) is 8.36. The van der Waals surface area contributed by atoms with Gasteiger partial charge in [-0.05, 0) is 0 Å². The molecule has 0 heterocycles. The molecule has 6 heteroatoms. The molecule has 0 aromatic carbocycles. The summed E-state index contributed by atoms with van der Waals surface area (Å²) in [6.45, 7) is -0.250. The van der Waals surface area contributed by atoms with Gasteiger partial charge in [0, 0.05) is 0 Å². The molecule has 0 rings (SSSR count). The molecule has 0 fully saturated rings. The average Bonchev–Trinajstić information content (AvgIpc) is 1.39. The van der Waals surface area contributed by atoms with E-state index in [2.05, 4.69) is 0 Å². The maximum atomic E-state index is 8.40. The normalized spacial score (nSPS) is 4.29. The van der Waals surface area contributed by atoms with E-state index >= 15 is 0 Å². The number of hydrogen-bond acceptors (Lipinski definition) is 4. The molecular formula is CH3NaO4S. The van der Waals surface area contributed by atoms with E-state index in [1.54, 1.807) is 0 Å². The number of carboxylic acid groups (broad SMARTS) is 1. The summed E-state index contributed by atoms with van der Waals surface area (Å²) in [5.41, 5.74) is 0. The van der Waals surface area contributed by atoms with Crippen LogP contribution in [0.2, 0.25) is 0 Å². The molecule has 0 unspecified atom stereocenters. The molecule has 0 aliphatic carbocycles. The summed E-state index contributed by atoms with van der Waals surface area (Å²) in [5, 5.41) is 6.89. The summed E-state index contributed by atoms with van der Waals surface area (Å²) in [6.07, 6.45) is 0. The van der Waals surface area contributed by atoms with Crippen LogP contribution in [-0.4, -0.2) is 20.7 Å². The molecule has 38 valence electrons. The predicted molar refractivity (Wildman–Crippen MR) is 19.7 cm³/mol. The largest absolute Gasteiger partial charge is 1.00 e. The van der Waals surface area contributed by atoms with E-state index in [4.69, 9.17) is 19.0 Å². The van der Waals surface area contributed by atoms with Crippen LogP contribution in [-0.2, 0) is 4.79 Å². The Balaban J connectivity index is -0.0000000400. The fraction of sp³-hybridized carbons (Fsp3) is 0. The molecule has 0 amide bonds. The van der Waals surface area contributed by atoms with Gasteiger partial charge >= 0.3 is 29.6 Å². The first-order valence-electron chi connectivity index (χ1n) is 0.843. The fourth-order valence-electron chi connectivity index (χ4n) is 0. The van der Waals surface area contributed by atoms with Crippen molar-refractivity contribution in [2.75, 3.05) is 0 Å². The summed E-state index contributed by atoms with van der Waals surface area (Å²) in [7, 11) is 0. The Morgan fingerprint density at radius 2 is 1.71 bits per heavy atom. The third kappa shape index (κ3) is 277. The van der Waals surface area contributed by atoms with Crippen molar-refractivity contribution in [2.45, 2.75) is 0 Å². The summed E-state index contributed by atoms with van der Waals surface area (Å²) in [6, 6.07) is 0. The Morgan fingerprint density at radius 1 is 1.71 bits per heavy atom. The summed E-state index contributed by atoms with van der Waals surface area (Å²) in [5.74, 6) is 0. The van der Waals surface area contributed by atoms with Gasteiger partial charge in [0.1, 0.15) is 0 Å². The van der Waals surface area contributed by atoms with E-state index in [0.29, 0.717) is 0 Å². The van der Waals surface area contributed by atoms with Crippen LogP contribution in [0, 0.1) is 0 Å². The average molecular weight is 134 g/mol. The Labute approximate surface area is 67.2 Å². The molecule has 0 saturated heterocycles. The Hall–Kier alpha value is 0.740. The molecule has 4 nitrogen and oxygen atoms in total. The van der Waals surface area contributed by atoms with Crippen molar-refractivity contribution in [3.05, 3.63) is 0 Å². The van der Waals surface area contributed by atoms with Crippen molar-refractivity contribution < 1.29 is 48.6 Å². The van der Waals surface area contributed by atoms with E-state index in [1.165, 1.54) is 0 Å². The molecule has 0 saturated carbocycles. The molecule has 2 N–H and O–H groups in total. The van der Waals surface area contributed by atoms with Crippen LogP contribution >= 0.6 is 12.3 Å². The Morgan fingerprint density at radius 3 is 1.71 bits per heavy atom. The van der Waals surface area contributed by atoms with Gasteiger partial charge in [-0.1, -0.05) is 0 Å². The number of carbonyl (C=O) groups is 1. The molecule has 0 aromatic heterocycles. The van der Waals surface area contributed by atoms with Crippen LogP contribution < -0.4 is 29.6 Å². The first-order valence-corrected chi connectivity index (χ1v) is 1.54. The smallest absolute Gasteiger partial charge is 0.776 e. The topological polar surface area (TPSA) is 80.6 Å². The molecule has 0 radical (unpaired) electrons. The van der Waals surface area contributed by atoms with E-state index in [0.717, 1.165) is 0 Å². The van der Waals surface area contributed by atoms with Crippen molar-refractivity contribution >= 4 is 18.8 Å². The van der Waals surface area contributed by atoms with E-state index in [-0.39, 0.29) is 36.0 Å². The van der Waals surface area contributed by atoms with E-state index in [9.17, 15) is 0 Å². The quantitative estimate of drug-likeness (QED) is 0.210. The second-order valence-electron chi connectivity index (χ2n) is 0.180. The minimum Gasteiger partial charge on any atom is -0.776 e. The van der Waals surface area contributed by atoms with E-state index < -0.39 is 12.3 Å². The monoisotopic (exact) mass is 134 g/mol. The van der Waals surface area contributed by atoms with Crippen LogP contribution in [0.25, 0.3) is 0 Å². The summed E-state index contributed by atoms with van der Waals surface area (Å²) < 4.78 is 15.3. The van der Waals surface area contributed by atoms with Gasteiger partial charge in [0.15, 0.2) is 0 Å². The van der Waals surface area contributed by atoms with Gasteiger partial charge < -0.3 is 14.2 Å². The predicted octanol–water partition coefficient (Wildman–Crippen LogP) is -2.97. The molecule has 0 spiro atoms. The van der Waals surface area contributed by atoms with Gasteiger partial charge in [0.25, 0.3) is 6.47 Å². The molecular weight excluding hydrogens is 131 g/mol. The third-order valence-electron chi connectivity index (χ3n) is 0. The van der Waals surface area contributed by atoms with Crippen molar-refractivity contribution in [3.8, 4) is 0 Å². The molecule has 7 heavy (non-hydrogen) atoms. The minimum absolute atomic E-state index is 0. The van der Waals surface area contributed by atoms with Crippen LogP contribution in [0.3, 0.4) is 0 Å². The van der Waals surface area contributed by atoms with Gasteiger partial charge in [-0.3, -0.25) is 4.79 Å². The molecule has 0 aromatic rings. The van der Waals surface area contributed by atoms with Crippen LogP contribution in [0.4, 0.5) is 0 Å². The first kappa shape index (κ1) is 15.6. The maximum absolute atomic E-state index is 8.40.